The van der Waals surface area contributed by atoms with Gasteiger partial charge in [-0.2, -0.15) is 0 Å². The summed E-state index contributed by atoms with van der Waals surface area (Å²) in [6.45, 7) is 1.76. The van der Waals surface area contributed by atoms with E-state index in [4.69, 9.17) is 5.11 Å². The monoisotopic (exact) mass is 132 g/mol. The number of carbonyl (C=O) groups excluding carboxylic acids is 1. The molecule has 3 nitrogen and oxygen atoms in total. The van der Waals surface area contributed by atoms with E-state index >= 15 is 0 Å². The summed E-state index contributed by atoms with van der Waals surface area (Å²) >= 11 is 0. The SMILES string of the molecule is CC(=O)CCCOCO. The van der Waals surface area contributed by atoms with Gasteiger partial charge in [0.2, 0.25) is 0 Å². The van der Waals surface area contributed by atoms with Gasteiger partial charge in [-0.25, -0.2) is 0 Å². The van der Waals surface area contributed by atoms with Crippen molar-refractivity contribution in [2.75, 3.05) is 13.4 Å². The molecule has 0 aliphatic heterocycles. The Morgan fingerprint density at radius 2 is 2.33 bits per heavy atom. The molecule has 0 heterocycles. The highest BCUT2D eigenvalue weighted by molar-refractivity contribution is 5.75. The van der Waals surface area contributed by atoms with Crippen LogP contribution in [0.2, 0.25) is 0 Å². The summed E-state index contributed by atoms with van der Waals surface area (Å²) in [6, 6.07) is 0. The highest BCUT2D eigenvalue weighted by atomic mass is 16.6. The van der Waals surface area contributed by atoms with Gasteiger partial charge in [0.05, 0.1) is 0 Å². The van der Waals surface area contributed by atoms with Crippen molar-refractivity contribution in [2.45, 2.75) is 19.8 Å². The van der Waals surface area contributed by atoms with Crippen LogP contribution in [0.15, 0.2) is 0 Å². The van der Waals surface area contributed by atoms with Gasteiger partial charge in [-0.05, 0) is 13.3 Å². The van der Waals surface area contributed by atoms with Gasteiger partial charge in [0.15, 0.2) is 0 Å². The van der Waals surface area contributed by atoms with E-state index < -0.39 is 0 Å². The lowest BCUT2D eigenvalue weighted by atomic mass is 10.2. The number of rotatable bonds is 5. The molecule has 0 rings (SSSR count). The minimum atomic E-state index is -0.252. The predicted octanol–water partition coefficient (Wildman–Crippen LogP) is 0.322. The molecule has 54 valence electrons. The van der Waals surface area contributed by atoms with Crippen LogP contribution in [0, 0.1) is 0 Å². The van der Waals surface area contributed by atoms with Crippen LogP contribution in [0.25, 0.3) is 0 Å². The van der Waals surface area contributed by atoms with Crippen molar-refractivity contribution in [3.8, 4) is 0 Å². The van der Waals surface area contributed by atoms with Crippen LogP contribution < -0.4 is 0 Å². The Morgan fingerprint density at radius 1 is 1.67 bits per heavy atom. The standard InChI is InChI=1S/C6H12O3/c1-6(8)3-2-4-9-5-7/h7H,2-5H2,1H3. The van der Waals surface area contributed by atoms with E-state index in [1.165, 1.54) is 0 Å². The molecule has 0 spiro atoms. The summed E-state index contributed by atoms with van der Waals surface area (Å²) in [5, 5.41) is 8.12. The third-order valence-electron chi connectivity index (χ3n) is 0.909. The molecule has 9 heavy (non-hydrogen) atoms. The Balaban J connectivity index is 2.83. The number of hydrogen-bond acceptors (Lipinski definition) is 3. The second kappa shape index (κ2) is 5.72. The highest BCUT2D eigenvalue weighted by Gasteiger charge is 1.91. The quantitative estimate of drug-likeness (QED) is 0.433. The van der Waals surface area contributed by atoms with E-state index in [0.717, 1.165) is 0 Å². The summed E-state index contributed by atoms with van der Waals surface area (Å²) in [4.78, 5) is 10.3. The maximum atomic E-state index is 10.3. The van der Waals surface area contributed by atoms with Crippen molar-refractivity contribution in [3.05, 3.63) is 0 Å². The first-order valence-electron chi connectivity index (χ1n) is 2.95. The normalized spacial score (nSPS) is 9.56. The van der Waals surface area contributed by atoms with Gasteiger partial charge in [-0.15, -0.1) is 0 Å². The Hall–Kier alpha value is -0.410. The fourth-order valence-corrected chi connectivity index (χ4v) is 0.488. The molecule has 1 N–H and O–H groups in total. The molecule has 3 heteroatoms. The second-order valence-electron chi connectivity index (χ2n) is 1.84. The van der Waals surface area contributed by atoms with Gasteiger partial charge in [0, 0.05) is 13.0 Å². The third-order valence-corrected chi connectivity index (χ3v) is 0.909. The van der Waals surface area contributed by atoms with Gasteiger partial charge in [-0.3, -0.25) is 0 Å². The number of carbonyl (C=O) groups is 1. The van der Waals surface area contributed by atoms with Crippen LogP contribution >= 0.6 is 0 Å². The van der Waals surface area contributed by atoms with Crippen LogP contribution in [0.4, 0.5) is 0 Å². The second-order valence-corrected chi connectivity index (χ2v) is 1.84. The Bertz CT molecular complexity index is 80.4. The van der Waals surface area contributed by atoms with Crippen molar-refractivity contribution < 1.29 is 14.6 Å². The van der Waals surface area contributed by atoms with E-state index in [9.17, 15) is 4.79 Å². The maximum Gasteiger partial charge on any atom is 0.143 e. The number of Topliss-reactive ketones (excluding diaryl/α,β-unsaturated/α-hetero) is 1. The van der Waals surface area contributed by atoms with E-state index in [0.29, 0.717) is 19.4 Å². The van der Waals surface area contributed by atoms with Crippen molar-refractivity contribution in [1.82, 2.24) is 0 Å². The largest absolute Gasteiger partial charge is 0.371 e. The lowest BCUT2D eigenvalue weighted by molar-refractivity contribution is -0.117. The fourth-order valence-electron chi connectivity index (χ4n) is 0.488. The Kier molecular flexibility index (Phi) is 5.46. The molecular weight excluding hydrogens is 120 g/mol. The molecule has 0 atom stereocenters. The first kappa shape index (κ1) is 8.59. The zero-order valence-corrected chi connectivity index (χ0v) is 5.59. The van der Waals surface area contributed by atoms with Crippen LogP contribution in [-0.2, 0) is 9.53 Å². The Labute approximate surface area is 54.6 Å². The van der Waals surface area contributed by atoms with Gasteiger partial charge in [0.25, 0.3) is 0 Å². The van der Waals surface area contributed by atoms with E-state index in [1.54, 1.807) is 6.92 Å². The van der Waals surface area contributed by atoms with Crippen molar-refractivity contribution in [3.63, 3.8) is 0 Å². The Morgan fingerprint density at radius 3 is 2.78 bits per heavy atom. The zero-order valence-electron chi connectivity index (χ0n) is 5.59. The molecule has 0 aliphatic rings. The van der Waals surface area contributed by atoms with Crippen molar-refractivity contribution in [1.29, 1.82) is 0 Å². The molecular formula is C6H12O3. The van der Waals surface area contributed by atoms with Crippen LogP contribution in [-0.4, -0.2) is 24.3 Å². The predicted molar refractivity (Wildman–Crippen MR) is 33.0 cm³/mol. The summed E-state index contributed by atoms with van der Waals surface area (Å²) in [6.07, 6.45) is 1.25. The molecule has 0 radical (unpaired) electrons. The van der Waals surface area contributed by atoms with Gasteiger partial charge in [-0.1, -0.05) is 0 Å². The molecule has 0 aromatic rings. The number of hydrogen-bond donors (Lipinski definition) is 1. The molecule has 0 aromatic heterocycles. The first-order valence-corrected chi connectivity index (χ1v) is 2.95. The third kappa shape index (κ3) is 7.59. The van der Waals surface area contributed by atoms with Crippen LogP contribution in [0.3, 0.4) is 0 Å². The first-order chi connectivity index (χ1) is 4.27. The van der Waals surface area contributed by atoms with Crippen LogP contribution in [0.5, 0.6) is 0 Å². The number of aliphatic hydroxyl groups excluding tert-OH is 1. The van der Waals surface area contributed by atoms with Crippen LogP contribution in [0.1, 0.15) is 19.8 Å². The van der Waals surface area contributed by atoms with Crippen molar-refractivity contribution >= 4 is 5.78 Å². The van der Waals surface area contributed by atoms with Gasteiger partial charge in [0.1, 0.15) is 12.6 Å². The molecule has 0 aromatic carbocycles. The summed E-state index contributed by atoms with van der Waals surface area (Å²) in [5.41, 5.74) is 0. The number of ether oxygens (including phenoxy) is 1. The van der Waals surface area contributed by atoms with E-state index in [2.05, 4.69) is 4.74 Å². The average molecular weight is 132 g/mol. The lowest BCUT2D eigenvalue weighted by Crippen LogP contribution is -1.98. The van der Waals surface area contributed by atoms with E-state index in [-0.39, 0.29) is 12.6 Å². The minimum Gasteiger partial charge on any atom is -0.371 e. The molecule has 0 fully saturated rings. The topological polar surface area (TPSA) is 46.5 Å². The average Bonchev–Trinajstić information content (AvgIpc) is 1.80. The minimum absolute atomic E-state index is 0.163. The molecule has 0 saturated carbocycles. The zero-order chi connectivity index (χ0) is 7.11. The lowest BCUT2D eigenvalue weighted by Gasteiger charge is -1.96. The molecule has 0 unspecified atom stereocenters. The summed E-state index contributed by atoms with van der Waals surface area (Å²) < 4.78 is 4.59. The summed E-state index contributed by atoms with van der Waals surface area (Å²) in [5.74, 6) is 0.163. The molecule has 0 saturated heterocycles. The highest BCUT2D eigenvalue weighted by Crippen LogP contribution is 1.89. The smallest absolute Gasteiger partial charge is 0.143 e. The fraction of sp³-hybridized carbons (Fsp3) is 0.833. The number of aliphatic hydroxyl groups is 1. The number of ketones is 1. The van der Waals surface area contributed by atoms with Gasteiger partial charge >= 0.3 is 0 Å². The van der Waals surface area contributed by atoms with Crippen molar-refractivity contribution in [2.24, 2.45) is 0 Å². The maximum absolute atomic E-state index is 10.3. The molecule has 0 amide bonds. The summed E-state index contributed by atoms with van der Waals surface area (Å²) in [7, 11) is 0. The molecule has 0 aliphatic carbocycles. The molecule has 0 bridgehead atoms. The van der Waals surface area contributed by atoms with E-state index in [1.807, 2.05) is 0 Å². The van der Waals surface area contributed by atoms with Gasteiger partial charge < -0.3 is 14.6 Å².